The van der Waals surface area contributed by atoms with Gasteiger partial charge in [0.25, 0.3) is 0 Å². The lowest BCUT2D eigenvalue weighted by Gasteiger charge is -2.24. The van der Waals surface area contributed by atoms with Gasteiger partial charge in [0.05, 0.1) is 11.0 Å². The van der Waals surface area contributed by atoms with Crippen molar-refractivity contribution in [1.29, 1.82) is 0 Å². The van der Waals surface area contributed by atoms with Gasteiger partial charge < -0.3 is 4.57 Å². The lowest BCUT2D eigenvalue weighted by atomic mass is 10.0. The van der Waals surface area contributed by atoms with Crippen LogP contribution in [0.4, 0.5) is 0 Å². The van der Waals surface area contributed by atoms with Gasteiger partial charge in [-0.05, 0) is 30.5 Å². The Morgan fingerprint density at radius 2 is 2.05 bits per heavy atom. The first kappa shape index (κ1) is 14.7. The van der Waals surface area contributed by atoms with Crippen molar-refractivity contribution in [2.45, 2.75) is 39.7 Å². The molecule has 1 unspecified atom stereocenters. The minimum atomic E-state index is 0.449. The summed E-state index contributed by atoms with van der Waals surface area (Å²) in [6, 6.07) is 6.37. The zero-order chi connectivity index (χ0) is 14.0. The number of alkyl halides is 1. The van der Waals surface area contributed by atoms with Crippen LogP contribution in [0.3, 0.4) is 0 Å². The van der Waals surface area contributed by atoms with Crippen molar-refractivity contribution >= 4 is 34.2 Å². The van der Waals surface area contributed by atoms with Gasteiger partial charge in [0, 0.05) is 23.4 Å². The van der Waals surface area contributed by atoms with Gasteiger partial charge in [-0.1, -0.05) is 32.4 Å². The predicted molar refractivity (Wildman–Crippen MR) is 83.3 cm³/mol. The van der Waals surface area contributed by atoms with E-state index in [2.05, 4.69) is 31.4 Å². The van der Waals surface area contributed by atoms with Crippen LogP contribution in [0, 0.1) is 5.92 Å². The molecule has 4 heteroatoms. The van der Waals surface area contributed by atoms with E-state index in [4.69, 9.17) is 28.2 Å². The van der Waals surface area contributed by atoms with Crippen LogP contribution >= 0.6 is 23.2 Å². The molecular weight excluding hydrogens is 279 g/mol. The number of fused-ring (bicyclic) bond motifs is 1. The molecule has 1 aromatic heterocycles. The number of hydrogen-bond acceptors (Lipinski definition) is 1. The second kappa shape index (κ2) is 6.15. The van der Waals surface area contributed by atoms with E-state index in [1.165, 1.54) is 0 Å². The molecule has 1 aromatic carbocycles. The smallest absolute Gasteiger partial charge is 0.111 e. The minimum absolute atomic E-state index is 0.449. The van der Waals surface area contributed by atoms with Crippen molar-refractivity contribution < 1.29 is 0 Å². The van der Waals surface area contributed by atoms with Gasteiger partial charge in [-0.3, -0.25) is 0 Å². The molecule has 0 aliphatic heterocycles. The van der Waals surface area contributed by atoms with Crippen LogP contribution in [0.5, 0.6) is 0 Å². The number of benzene rings is 1. The maximum absolute atomic E-state index is 6.06. The number of aromatic nitrogens is 2. The van der Waals surface area contributed by atoms with Gasteiger partial charge >= 0.3 is 0 Å². The van der Waals surface area contributed by atoms with E-state index in [9.17, 15) is 0 Å². The Kier molecular flexibility index (Phi) is 4.75. The Balaban J connectivity index is 2.63. The molecule has 0 fully saturated rings. The molecule has 0 N–H and O–H groups in total. The molecule has 0 radical (unpaired) electrons. The molecule has 1 atom stereocenters. The third kappa shape index (κ3) is 2.90. The monoisotopic (exact) mass is 298 g/mol. The maximum Gasteiger partial charge on any atom is 0.111 e. The quantitative estimate of drug-likeness (QED) is 0.704. The van der Waals surface area contributed by atoms with Crippen LogP contribution in [-0.4, -0.2) is 15.4 Å². The molecular formula is C15H20Cl2N2. The normalized spacial score (nSPS) is 13.4. The average Bonchev–Trinajstić information content (AvgIpc) is 2.68. The summed E-state index contributed by atoms with van der Waals surface area (Å²) in [5, 5.41) is 0.729. The fourth-order valence-corrected chi connectivity index (χ4v) is 3.04. The topological polar surface area (TPSA) is 17.8 Å². The lowest BCUT2D eigenvalue weighted by Crippen LogP contribution is -2.17. The van der Waals surface area contributed by atoms with Crippen molar-refractivity contribution in [3.63, 3.8) is 0 Å². The summed E-state index contributed by atoms with van der Waals surface area (Å²) in [6.45, 7) is 6.72. The van der Waals surface area contributed by atoms with Crippen LogP contribution in [0.15, 0.2) is 18.2 Å². The lowest BCUT2D eigenvalue weighted by molar-refractivity contribution is 0.365. The molecule has 2 aromatic rings. The summed E-state index contributed by atoms with van der Waals surface area (Å²) >= 11 is 12.0. The Labute approximate surface area is 124 Å². The number of aryl methyl sites for hydroxylation is 1. The first-order valence-corrected chi connectivity index (χ1v) is 7.72. The van der Waals surface area contributed by atoms with Gasteiger partial charge in [0.2, 0.25) is 0 Å². The molecule has 0 aliphatic carbocycles. The van der Waals surface area contributed by atoms with E-state index < -0.39 is 0 Å². The molecule has 0 spiro atoms. The Hall–Kier alpha value is -0.730. The van der Waals surface area contributed by atoms with Gasteiger partial charge in [0.1, 0.15) is 5.82 Å². The van der Waals surface area contributed by atoms with Gasteiger partial charge in [-0.2, -0.15) is 0 Å². The standard InChI is InChI=1S/C15H20Cl2N2/c1-4-13(10(2)3)19-14-6-5-11(17)9-12(14)18-15(19)7-8-16/h5-6,9-10,13H,4,7-8H2,1-3H3. The molecule has 0 saturated heterocycles. The van der Waals surface area contributed by atoms with Gasteiger partial charge in [-0.15, -0.1) is 11.6 Å². The molecule has 0 amide bonds. The second-order valence-electron chi connectivity index (χ2n) is 5.19. The summed E-state index contributed by atoms with van der Waals surface area (Å²) in [5.74, 6) is 2.21. The zero-order valence-electron chi connectivity index (χ0n) is 11.7. The summed E-state index contributed by atoms with van der Waals surface area (Å²) in [6.07, 6.45) is 1.87. The van der Waals surface area contributed by atoms with Crippen LogP contribution in [0.25, 0.3) is 11.0 Å². The van der Waals surface area contributed by atoms with Crippen LogP contribution in [0.2, 0.25) is 5.02 Å². The maximum atomic E-state index is 6.06. The zero-order valence-corrected chi connectivity index (χ0v) is 13.2. The SMILES string of the molecule is CCC(C(C)C)n1c(CCCl)nc2cc(Cl)ccc21. The Morgan fingerprint density at radius 1 is 1.32 bits per heavy atom. The van der Waals surface area contributed by atoms with Crippen molar-refractivity contribution in [2.24, 2.45) is 5.92 Å². The number of rotatable bonds is 5. The fraction of sp³-hybridized carbons (Fsp3) is 0.533. The van der Waals surface area contributed by atoms with E-state index >= 15 is 0 Å². The Morgan fingerprint density at radius 3 is 2.63 bits per heavy atom. The number of halogens is 2. The highest BCUT2D eigenvalue weighted by Crippen LogP contribution is 2.30. The largest absolute Gasteiger partial charge is 0.325 e. The molecule has 2 rings (SSSR count). The molecule has 0 saturated carbocycles. The van der Waals surface area contributed by atoms with Crippen molar-refractivity contribution in [3.05, 3.63) is 29.0 Å². The third-order valence-electron chi connectivity index (χ3n) is 3.56. The number of imidazole rings is 1. The highest BCUT2D eigenvalue weighted by Gasteiger charge is 2.20. The second-order valence-corrected chi connectivity index (χ2v) is 6.00. The van der Waals surface area contributed by atoms with E-state index in [1.807, 2.05) is 12.1 Å². The van der Waals surface area contributed by atoms with E-state index in [1.54, 1.807) is 0 Å². The van der Waals surface area contributed by atoms with Crippen LogP contribution < -0.4 is 0 Å². The summed E-state index contributed by atoms with van der Waals surface area (Å²) in [5.41, 5.74) is 2.12. The third-order valence-corrected chi connectivity index (χ3v) is 3.99. The summed E-state index contributed by atoms with van der Waals surface area (Å²) in [4.78, 5) is 4.71. The highest BCUT2D eigenvalue weighted by atomic mass is 35.5. The van der Waals surface area contributed by atoms with Crippen LogP contribution in [0.1, 0.15) is 39.1 Å². The highest BCUT2D eigenvalue weighted by molar-refractivity contribution is 6.31. The molecule has 104 valence electrons. The van der Waals surface area contributed by atoms with E-state index in [-0.39, 0.29) is 0 Å². The van der Waals surface area contributed by atoms with Crippen molar-refractivity contribution in [2.75, 3.05) is 5.88 Å². The van der Waals surface area contributed by atoms with Gasteiger partial charge in [0.15, 0.2) is 0 Å². The fourth-order valence-electron chi connectivity index (χ4n) is 2.70. The number of hydrogen-bond donors (Lipinski definition) is 0. The predicted octanol–water partition coefficient (Wildman–Crippen LogP) is 5.08. The minimum Gasteiger partial charge on any atom is -0.325 e. The van der Waals surface area contributed by atoms with E-state index in [0.717, 1.165) is 34.7 Å². The van der Waals surface area contributed by atoms with E-state index in [0.29, 0.717) is 17.8 Å². The van der Waals surface area contributed by atoms with Gasteiger partial charge in [-0.25, -0.2) is 4.98 Å². The van der Waals surface area contributed by atoms with Crippen molar-refractivity contribution in [1.82, 2.24) is 9.55 Å². The Bertz CT molecular complexity index is 561. The van der Waals surface area contributed by atoms with Crippen LogP contribution in [-0.2, 0) is 6.42 Å². The number of nitrogens with zero attached hydrogens (tertiary/aromatic N) is 2. The molecule has 1 heterocycles. The summed E-state index contributed by atoms with van der Waals surface area (Å²) in [7, 11) is 0. The molecule has 0 bridgehead atoms. The first-order valence-electron chi connectivity index (χ1n) is 6.80. The first-order chi connectivity index (χ1) is 9.08. The average molecular weight is 299 g/mol. The van der Waals surface area contributed by atoms with Crippen molar-refractivity contribution in [3.8, 4) is 0 Å². The summed E-state index contributed by atoms with van der Waals surface area (Å²) < 4.78 is 2.35. The molecule has 2 nitrogen and oxygen atoms in total. The molecule has 0 aliphatic rings. The molecule has 19 heavy (non-hydrogen) atoms.